The summed E-state index contributed by atoms with van der Waals surface area (Å²) in [4.78, 5) is 8.79. The second-order valence-electron chi connectivity index (χ2n) is 4.64. The third kappa shape index (κ3) is 2.36. The van der Waals surface area contributed by atoms with Crippen LogP contribution in [0.25, 0.3) is 22.4 Å². The van der Waals surface area contributed by atoms with Crippen molar-refractivity contribution in [2.75, 3.05) is 0 Å². The molecular formula is C15H12N4O. The highest BCUT2D eigenvalue weighted by Crippen LogP contribution is 2.19. The Morgan fingerprint density at radius 1 is 1.20 bits per heavy atom. The molecule has 1 aromatic carbocycles. The Morgan fingerprint density at radius 3 is 2.90 bits per heavy atom. The molecule has 1 atom stereocenters. The number of rotatable bonds is 3. The van der Waals surface area contributed by atoms with E-state index in [-0.39, 0.29) is 5.92 Å². The van der Waals surface area contributed by atoms with Crippen molar-refractivity contribution in [1.29, 1.82) is 5.26 Å². The summed E-state index contributed by atoms with van der Waals surface area (Å²) >= 11 is 0. The van der Waals surface area contributed by atoms with Crippen LogP contribution < -0.4 is 0 Å². The molecule has 3 aromatic rings. The van der Waals surface area contributed by atoms with Gasteiger partial charge in [0, 0.05) is 11.8 Å². The molecule has 0 saturated carbocycles. The smallest absolute Gasteiger partial charge is 0.228 e. The highest BCUT2D eigenvalue weighted by molar-refractivity contribution is 5.80. The molecule has 1 unspecified atom stereocenters. The van der Waals surface area contributed by atoms with E-state index in [4.69, 9.17) is 9.78 Å². The molecule has 0 spiro atoms. The molecule has 0 aliphatic heterocycles. The van der Waals surface area contributed by atoms with E-state index in [1.807, 2.05) is 43.3 Å². The summed E-state index contributed by atoms with van der Waals surface area (Å²) in [6, 6.07) is 13.8. The predicted molar refractivity (Wildman–Crippen MR) is 73.5 cm³/mol. The van der Waals surface area contributed by atoms with E-state index in [0.717, 1.165) is 10.9 Å². The Kier molecular flexibility index (Phi) is 3.13. The van der Waals surface area contributed by atoms with Gasteiger partial charge in [-0.05, 0) is 19.1 Å². The fraction of sp³-hybridized carbons (Fsp3) is 0.200. The van der Waals surface area contributed by atoms with Gasteiger partial charge in [-0.1, -0.05) is 29.4 Å². The largest absolute Gasteiger partial charge is 0.339 e. The van der Waals surface area contributed by atoms with Crippen molar-refractivity contribution >= 4 is 10.9 Å². The third-order valence-corrected chi connectivity index (χ3v) is 3.00. The minimum atomic E-state index is -0.145. The number of benzene rings is 1. The second-order valence-corrected chi connectivity index (χ2v) is 4.64. The average molecular weight is 264 g/mol. The summed E-state index contributed by atoms with van der Waals surface area (Å²) in [6.45, 7) is 1.82. The number of fused-ring (bicyclic) bond motifs is 1. The SMILES string of the molecule is CC(C#N)Cc1nc(-c2ccc3ccccc3n2)no1. The summed E-state index contributed by atoms with van der Waals surface area (Å²) < 4.78 is 5.15. The zero-order valence-corrected chi connectivity index (χ0v) is 10.9. The first-order valence-corrected chi connectivity index (χ1v) is 6.34. The number of pyridine rings is 1. The Balaban J connectivity index is 1.93. The Morgan fingerprint density at radius 2 is 2.05 bits per heavy atom. The molecule has 0 saturated heterocycles. The monoisotopic (exact) mass is 264 g/mol. The van der Waals surface area contributed by atoms with E-state index in [0.29, 0.717) is 23.8 Å². The molecule has 3 rings (SSSR count). The first-order chi connectivity index (χ1) is 9.76. The van der Waals surface area contributed by atoms with E-state index < -0.39 is 0 Å². The molecule has 0 fully saturated rings. The number of para-hydroxylation sites is 1. The van der Waals surface area contributed by atoms with Crippen LogP contribution in [0.5, 0.6) is 0 Å². The van der Waals surface area contributed by atoms with Gasteiger partial charge in [0.25, 0.3) is 0 Å². The van der Waals surface area contributed by atoms with Crippen LogP contribution in [-0.4, -0.2) is 15.1 Å². The summed E-state index contributed by atoms with van der Waals surface area (Å²) in [7, 11) is 0. The van der Waals surface area contributed by atoms with Gasteiger partial charge in [0.1, 0.15) is 5.69 Å². The van der Waals surface area contributed by atoms with Crippen LogP contribution in [0.2, 0.25) is 0 Å². The van der Waals surface area contributed by atoms with Crippen molar-refractivity contribution in [3.05, 3.63) is 42.3 Å². The van der Waals surface area contributed by atoms with Crippen molar-refractivity contribution in [1.82, 2.24) is 15.1 Å². The zero-order valence-electron chi connectivity index (χ0n) is 10.9. The molecule has 20 heavy (non-hydrogen) atoms. The maximum atomic E-state index is 8.79. The van der Waals surface area contributed by atoms with Gasteiger partial charge in [0.05, 0.1) is 17.5 Å². The van der Waals surface area contributed by atoms with Crippen LogP contribution in [-0.2, 0) is 6.42 Å². The molecule has 5 nitrogen and oxygen atoms in total. The minimum Gasteiger partial charge on any atom is -0.339 e. The number of hydrogen-bond acceptors (Lipinski definition) is 5. The van der Waals surface area contributed by atoms with Gasteiger partial charge in [0.2, 0.25) is 11.7 Å². The topological polar surface area (TPSA) is 75.6 Å². The maximum absolute atomic E-state index is 8.79. The van der Waals surface area contributed by atoms with Gasteiger partial charge >= 0.3 is 0 Å². The Hall–Kier alpha value is -2.74. The van der Waals surface area contributed by atoms with E-state index in [1.54, 1.807) is 0 Å². The molecule has 2 aromatic heterocycles. The summed E-state index contributed by atoms with van der Waals surface area (Å²) in [5.74, 6) is 0.771. The average Bonchev–Trinajstić information content (AvgIpc) is 2.95. The lowest BCUT2D eigenvalue weighted by atomic mass is 10.1. The van der Waals surface area contributed by atoms with Gasteiger partial charge in [-0.2, -0.15) is 10.2 Å². The van der Waals surface area contributed by atoms with Crippen molar-refractivity contribution in [2.45, 2.75) is 13.3 Å². The lowest BCUT2D eigenvalue weighted by Crippen LogP contribution is -1.96. The van der Waals surface area contributed by atoms with Gasteiger partial charge in [0.15, 0.2) is 0 Å². The molecule has 98 valence electrons. The first kappa shape index (κ1) is 12.3. The van der Waals surface area contributed by atoms with Crippen LogP contribution >= 0.6 is 0 Å². The van der Waals surface area contributed by atoms with E-state index in [9.17, 15) is 0 Å². The molecule has 0 radical (unpaired) electrons. The maximum Gasteiger partial charge on any atom is 0.228 e. The normalized spacial score (nSPS) is 12.2. The van der Waals surface area contributed by atoms with Gasteiger partial charge in [-0.15, -0.1) is 0 Å². The predicted octanol–water partition coefficient (Wildman–Crippen LogP) is 2.99. The summed E-state index contributed by atoms with van der Waals surface area (Å²) in [5, 5.41) is 13.8. The third-order valence-electron chi connectivity index (χ3n) is 3.00. The quantitative estimate of drug-likeness (QED) is 0.726. The van der Waals surface area contributed by atoms with Gasteiger partial charge < -0.3 is 4.52 Å². The van der Waals surface area contributed by atoms with Crippen molar-refractivity contribution in [2.24, 2.45) is 5.92 Å². The van der Waals surface area contributed by atoms with Crippen LogP contribution in [0.1, 0.15) is 12.8 Å². The number of nitrogens with zero attached hydrogens (tertiary/aromatic N) is 4. The van der Waals surface area contributed by atoms with Crippen molar-refractivity contribution in [3.63, 3.8) is 0 Å². The Labute approximate surface area is 115 Å². The van der Waals surface area contributed by atoms with Crippen LogP contribution in [0, 0.1) is 17.2 Å². The van der Waals surface area contributed by atoms with Gasteiger partial charge in [-0.25, -0.2) is 4.98 Å². The highest BCUT2D eigenvalue weighted by atomic mass is 16.5. The number of hydrogen-bond donors (Lipinski definition) is 0. The van der Waals surface area contributed by atoms with Gasteiger partial charge in [-0.3, -0.25) is 0 Å². The first-order valence-electron chi connectivity index (χ1n) is 6.34. The summed E-state index contributed by atoms with van der Waals surface area (Å²) in [6.07, 6.45) is 0.455. The van der Waals surface area contributed by atoms with E-state index >= 15 is 0 Å². The molecule has 0 aliphatic carbocycles. The lowest BCUT2D eigenvalue weighted by Gasteiger charge is -1.98. The molecular weight excluding hydrogens is 252 g/mol. The molecule has 2 heterocycles. The molecule has 0 amide bonds. The number of nitriles is 1. The molecule has 5 heteroatoms. The van der Waals surface area contributed by atoms with E-state index in [1.165, 1.54) is 0 Å². The van der Waals surface area contributed by atoms with Crippen LogP contribution in [0.4, 0.5) is 0 Å². The zero-order chi connectivity index (χ0) is 13.9. The Bertz CT molecular complexity index is 788. The second kappa shape index (κ2) is 5.10. The number of aromatic nitrogens is 3. The van der Waals surface area contributed by atoms with Crippen molar-refractivity contribution < 1.29 is 4.52 Å². The molecule has 0 bridgehead atoms. The molecule has 0 aliphatic rings. The minimum absolute atomic E-state index is 0.145. The highest BCUT2D eigenvalue weighted by Gasteiger charge is 2.12. The fourth-order valence-corrected chi connectivity index (χ4v) is 1.94. The van der Waals surface area contributed by atoms with Crippen LogP contribution in [0.15, 0.2) is 40.9 Å². The fourth-order valence-electron chi connectivity index (χ4n) is 1.94. The van der Waals surface area contributed by atoms with Crippen molar-refractivity contribution in [3.8, 4) is 17.6 Å². The van der Waals surface area contributed by atoms with E-state index in [2.05, 4.69) is 21.2 Å². The van der Waals surface area contributed by atoms with Crippen LogP contribution in [0.3, 0.4) is 0 Å². The standard InChI is InChI=1S/C15H12N4O/c1-10(9-16)8-14-18-15(19-20-14)13-7-6-11-4-2-3-5-12(11)17-13/h2-7,10H,8H2,1H3. The lowest BCUT2D eigenvalue weighted by molar-refractivity contribution is 0.369. The summed E-state index contributed by atoms with van der Waals surface area (Å²) in [5.41, 5.74) is 1.56. The molecule has 0 N–H and O–H groups in total.